The van der Waals surface area contributed by atoms with Crippen molar-refractivity contribution >= 4 is 17.8 Å². The first-order valence-electron chi connectivity index (χ1n) is 11.1. The summed E-state index contributed by atoms with van der Waals surface area (Å²) in [6, 6.07) is 15.2. The van der Waals surface area contributed by atoms with Crippen LogP contribution in [0, 0.1) is 5.82 Å². The normalized spacial score (nSPS) is 15.2. The molecule has 0 aliphatic carbocycles. The van der Waals surface area contributed by atoms with Gasteiger partial charge in [-0.2, -0.15) is 5.10 Å². The monoisotopic (exact) mass is 464 g/mol. The maximum atomic E-state index is 14.0. The summed E-state index contributed by atoms with van der Waals surface area (Å²) < 4.78 is 14.0. The molecule has 0 spiro atoms. The summed E-state index contributed by atoms with van der Waals surface area (Å²) in [6.07, 6.45) is 0. The minimum atomic E-state index is -0.688. The summed E-state index contributed by atoms with van der Waals surface area (Å²) >= 11 is 0. The van der Waals surface area contributed by atoms with Gasteiger partial charge in [0, 0.05) is 12.1 Å². The fourth-order valence-corrected chi connectivity index (χ4v) is 4.28. The molecule has 1 aliphatic rings. The second kappa shape index (κ2) is 9.26. The molecule has 9 heteroatoms. The van der Waals surface area contributed by atoms with E-state index in [0.29, 0.717) is 17.9 Å². The number of amides is 3. The van der Waals surface area contributed by atoms with E-state index in [1.807, 2.05) is 63.2 Å². The van der Waals surface area contributed by atoms with Crippen molar-refractivity contribution in [1.29, 1.82) is 0 Å². The van der Waals surface area contributed by atoms with Crippen LogP contribution in [0.5, 0.6) is 0 Å². The second-order valence-corrected chi connectivity index (χ2v) is 9.18. The summed E-state index contributed by atoms with van der Waals surface area (Å²) in [4.78, 5) is 29.8. The van der Waals surface area contributed by atoms with Crippen molar-refractivity contribution in [2.24, 2.45) is 0 Å². The van der Waals surface area contributed by atoms with Crippen molar-refractivity contribution in [1.82, 2.24) is 25.3 Å². The van der Waals surface area contributed by atoms with Crippen LogP contribution in [-0.4, -0.2) is 52.6 Å². The lowest BCUT2D eigenvalue weighted by Crippen LogP contribution is -2.48. The molecule has 3 amide bonds. The van der Waals surface area contributed by atoms with Gasteiger partial charge in [0.05, 0.1) is 29.4 Å². The number of benzene rings is 2. The minimum absolute atomic E-state index is 0.0690. The first-order valence-corrected chi connectivity index (χ1v) is 11.1. The number of likely N-dealkylation sites (N-methyl/N-ethyl adjacent to an activating group) is 1. The summed E-state index contributed by atoms with van der Waals surface area (Å²) in [5, 5.41) is 13.0. The van der Waals surface area contributed by atoms with Crippen LogP contribution >= 0.6 is 0 Å². The molecule has 0 radical (unpaired) electrons. The molecule has 1 aliphatic heterocycles. The van der Waals surface area contributed by atoms with Crippen molar-refractivity contribution in [3.63, 3.8) is 0 Å². The summed E-state index contributed by atoms with van der Waals surface area (Å²) in [5.41, 5.74) is 1.69. The predicted octanol–water partition coefficient (Wildman–Crippen LogP) is 3.86. The molecule has 2 heterocycles. The highest BCUT2D eigenvalue weighted by Gasteiger charge is 2.44. The van der Waals surface area contributed by atoms with Gasteiger partial charge in [-0.25, -0.2) is 9.18 Å². The zero-order valence-electron chi connectivity index (χ0n) is 19.7. The number of fused-ring (bicyclic) bond motifs is 1. The molecular weight excluding hydrogens is 435 g/mol. The number of aromatic amines is 1. The Balaban J connectivity index is 1.53. The average Bonchev–Trinajstić information content (AvgIpc) is 3.31. The van der Waals surface area contributed by atoms with E-state index in [1.54, 1.807) is 11.0 Å². The van der Waals surface area contributed by atoms with Gasteiger partial charge in [0.25, 0.3) is 5.91 Å². The number of anilines is 1. The van der Waals surface area contributed by atoms with Crippen LogP contribution in [0.15, 0.2) is 54.6 Å². The smallest absolute Gasteiger partial charge is 0.319 e. The first kappa shape index (κ1) is 23.4. The molecule has 0 fully saturated rings. The SMILES string of the molecule is CN(C)C[C@@H](NC(=O)N1Cc2c(NC(=O)c3ccccc3F)n[nH]c2C1(C)C)c1ccccc1. The number of rotatable bonds is 6. The van der Waals surface area contributed by atoms with Crippen molar-refractivity contribution < 1.29 is 14.0 Å². The van der Waals surface area contributed by atoms with Gasteiger partial charge in [0.1, 0.15) is 5.82 Å². The highest BCUT2D eigenvalue weighted by molar-refractivity contribution is 6.04. The molecule has 34 heavy (non-hydrogen) atoms. The molecule has 0 unspecified atom stereocenters. The molecule has 0 bridgehead atoms. The topological polar surface area (TPSA) is 93.4 Å². The van der Waals surface area contributed by atoms with Gasteiger partial charge in [-0.15, -0.1) is 0 Å². The number of hydrogen-bond acceptors (Lipinski definition) is 4. The Morgan fingerprint density at radius 3 is 2.50 bits per heavy atom. The lowest BCUT2D eigenvalue weighted by atomic mass is 10.0. The van der Waals surface area contributed by atoms with E-state index in [0.717, 1.165) is 11.3 Å². The Bertz CT molecular complexity index is 1190. The molecule has 0 saturated carbocycles. The van der Waals surface area contributed by atoms with Crippen LogP contribution < -0.4 is 10.6 Å². The highest BCUT2D eigenvalue weighted by Crippen LogP contribution is 2.40. The van der Waals surface area contributed by atoms with Crippen LogP contribution in [0.1, 0.15) is 47.1 Å². The Labute approximate surface area is 198 Å². The van der Waals surface area contributed by atoms with E-state index >= 15 is 0 Å². The van der Waals surface area contributed by atoms with E-state index in [2.05, 4.69) is 20.8 Å². The molecule has 4 rings (SSSR count). The number of hydrogen-bond donors (Lipinski definition) is 3. The summed E-state index contributed by atoms with van der Waals surface area (Å²) in [6.45, 7) is 4.73. The second-order valence-electron chi connectivity index (χ2n) is 9.18. The fourth-order valence-electron chi connectivity index (χ4n) is 4.28. The quantitative estimate of drug-likeness (QED) is 0.516. The van der Waals surface area contributed by atoms with Gasteiger partial charge < -0.3 is 20.4 Å². The van der Waals surface area contributed by atoms with E-state index < -0.39 is 17.3 Å². The number of urea groups is 1. The minimum Gasteiger partial charge on any atom is -0.330 e. The molecule has 1 atom stereocenters. The number of nitrogens with one attached hydrogen (secondary N) is 3. The first-order chi connectivity index (χ1) is 16.2. The molecule has 2 aromatic carbocycles. The Morgan fingerprint density at radius 2 is 1.82 bits per heavy atom. The Hall–Kier alpha value is -3.72. The molecule has 1 aromatic heterocycles. The number of halogens is 1. The van der Waals surface area contributed by atoms with Crippen molar-refractivity contribution in [2.45, 2.75) is 32.0 Å². The third-order valence-corrected chi connectivity index (χ3v) is 6.11. The maximum Gasteiger partial charge on any atom is 0.319 e. The average molecular weight is 465 g/mol. The molecule has 3 aromatic rings. The lowest BCUT2D eigenvalue weighted by Gasteiger charge is -2.34. The van der Waals surface area contributed by atoms with Gasteiger partial charge in [0.15, 0.2) is 5.82 Å². The largest absolute Gasteiger partial charge is 0.330 e. The summed E-state index contributed by atoms with van der Waals surface area (Å²) in [5.74, 6) is -0.913. The van der Waals surface area contributed by atoms with Crippen LogP contribution in [0.2, 0.25) is 0 Å². The van der Waals surface area contributed by atoms with Crippen LogP contribution in [0.3, 0.4) is 0 Å². The molecule has 178 valence electrons. The third kappa shape index (κ3) is 4.51. The highest BCUT2D eigenvalue weighted by atomic mass is 19.1. The Morgan fingerprint density at radius 1 is 1.15 bits per heavy atom. The number of H-pyrrole nitrogens is 1. The fraction of sp³-hybridized carbons (Fsp3) is 0.320. The third-order valence-electron chi connectivity index (χ3n) is 6.11. The molecule has 3 N–H and O–H groups in total. The van der Waals surface area contributed by atoms with E-state index in [1.165, 1.54) is 18.2 Å². The zero-order chi connectivity index (χ0) is 24.5. The van der Waals surface area contributed by atoms with Crippen LogP contribution in [0.25, 0.3) is 0 Å². The molecule has 0 saturated heterocycles. The number of carbonyl (C=O) groups is 2. The van der Waals surface area contributed by atoms with E-state index in [9.17, 15) is 14.0 Å². The Kier molecular flexibility index (Phi) is 6.39. The standard InChI is InChI=1S/C25H29FN6O2/c1-25(2)21-18(22(30-29-21)28-23(33)17-12-8-9-13-19(17)26)14-32(25)24(34)27-20(15-31(3)4)16-10-6-5-7-11-16/h5-13,20H,14-15H2,1-4H3,(H,27,34)(H2,28,29,30,33)/t20-/m1/s1. The van der Waals surface area contributed by atoms with Gasteiger partial charge >= 0.3 is 6.03 Å². The molecular formula is C25H29FN6O2. The van der Waals surface area contributed by atoms with Crippen molar-refractivity contribution in [3.05, 3.63) is 82.8 Å². The summed E-state index contributed by atoms with van der Waals surface area (Å²) in [7, 11) is 3.92. The lowest BCUT2D eigenvalue weighted by molar-refractivity contribution is 0.102. The van der Waals surface area contributed by atoms with Gasteiger partial charge in [-0.1, -0.05) is 42.5 Å². The van der Waals surface area contributed by atoms with Crippen LogP contribution in [-0.2, 0) is 12.1 Å². The number of aromatic nitrogens is 2. The number of carbonyl (C=O) groups excluding carboxylic acids is 2. The predicted molar refractivity (Wildman–Crippen MR) is 128 cm³/mol. The van der Waals surface area contributed by atoms with Crippen molar-refractivity contribution in [3.8, 4) is 0 Å². The van der Waals surface area contributed by atoms with Gasteiger partial charge in [-0.3, -0.25) is 9.89 Å². The van der Waals surface area contributed by atoms with Gasteiger partial charge in [-0.05, 0) is 45.6 Å². The van der Waals surface area contributed by atoms with E-state index in [-0.39, 0.29) is 24.2 Å². The molecule has 8 nitrogen and oxygen atoms in total. The zero-order valence-corrected chi connectivity index (χ0v) is 19.7. The maximum absolute atomic E-state index is 14.0. The van der Waals surface area contributed by atoms with Gasteiger partial charge in [0.2, 0.25) is 0 Å². The van der Waals surface area contributed by atoms with E-state index in [4.69, 9.17) is 0 Å². The number of nitrogens with zero attached hydrogens (tertiary/aromatic N) is 3. The van der Waals surface area contributed by atoms with Crippen molar-refractivity contribution in [2.75, 3.05) is 26.0 Å². The van der Waals surface area contributed by atoms with Crippen LogP contribution in [0.4, 0.5) is 15.0 Å².